The molecular formula is C19H19NO5. The van der Waals surface area contributed by atoms with E-state index in [0.717, 1.165) is 5.56 Å². The van der Waals surface area contributed by atoms with E-state index in [0.29, 0.717) is 23.6 Å². The minimum atomic E-state index is -0.883. The highest BCUT2D eigenvalue weighted by molar-refractivity contribution is 5.92. The minimum absolute atomic E-state index is 0.132. The molecule has 1 heterocycles. The number of hydrogen-bond acceptors (Lipinski definition) is 5. The first-order valence-corrected chi connectivity index (χ1v) is 7.94. The fraction of sp³-hybridized carbons (Fsp3) is 0.263. The van der Waals surface area contributed by atoms with Gasteiger partial charge in [0.05, 0.1) is 5.56 Å². The van der Waals surface area contributed by atoms with Crippen LogP contribution in [0.15, 0.2) is 48.5 Å². The van der Waals surface area contributed by atoms with Gasteiger partial charge in [0.25, 0.3) is 5.91 Å². The normalized spacial score (nSPS) is 13.2. The SMILES string of the molecule is C[C@@H](OC(=O)c1ccc2c(c1)OCO2)C(=O)N(C)Cc1ccccc1. The van der Waals surface area contributed by atoms with Crippen LogP contribution in [-0.4, -0.2) is 36.7 Å². The molecule has 6 nitrogen and oxygen atoms in total. The van der Waals surface area contributed by atoms with Gasteiger partial charge in [0.1, 0.15) is 0 Å². The number of rotatable bonds is 5. The molecule has 130 valence electrons. The van der Waals surface area contributed by atoms with Gasteiger partial charge >= 0.3 is 5.97 Å². The number of hydrogen-bond donors (Lipinski definition) is 0. The number of likely N-dealkylation sites (N-methyl/N-ethyl adjacent to an activating group) is 1. The molecule has 0 radical (unpaired) electrons. The van der Waals surface area contributed by atoms with Crippen LogP contribution in [0, 0.1) is 0 Å². The van der Waals surface area contributed by atoms with E-state index in [1.165, 1.54) is 4.90 Å². The number of carbonyl (C=O) groups is 2. The van der Waals surface area contributed by atoms with Crippen molar-refractivity contribution in [1.82, 2.24) is 4.90 Å². The third-order valence-electron chi connectivity index (χ3n) is 3.88. The first-order chi connectivity index (χ1) is 12.0. The van der Waals surface area contributed by atoms with Crippen LogP contribution >= 0.6 is 0 Å². The summed E-state index contributed by atoms with van der Waals surface area (Å²) >= 11 is 0. The maximum absolute atomic E-state index is 12.4. The molecule has 6 heteroatoms. The van der Waals surface area contributed by atoms with E-state index in [4.69, 9.17) is 14.2 Å². The van der Waals surface area contributed by atoms with Gasteiger partial charge in [-0.25, -0.2) is 4.79 Å². The number of benzene rings is 2. The monoisotopic (exact) mass is 341 g/mol. The Kier molecular flexibility index (Phi) is 4.88. The van der Waals surface area contributed by atoms with E-state index < -0.39 is 12.1 Å². The van der Waals surface area contributed by atoms with Crippen molar-refractivity contribution in [2.24, 2.45) is 0 Å². The van der Waals surface area contributed by atoms with Crippen LogP contribution in [0.5, 0.6) is 11.5 Å². The molecule has 0 aromatic heterocycles. The molecule has 0 N–H and O–H groups in total. The average Bonchev–Trinajstić information content (AvgIpc) is 3.09. The van der Waals surface area contributed by atoms with E-state index in [-0.39, 0.29) is 12.7 Å². The molecular weight excluding hydrogens is 322 g/mol. The average molecular weight is 341 g/mol. The number of amides is 1. The molecule has 1 aliphatic rings. The lowest BCUT2D eigenvalue weighted by molar-refractivity contribution is -0.139. The Labute approximate surface area is 145 Å². The van der Waals surface area contributed by atoms with Gasteiger partial charge in [0.15, 0.2) is 17.6 Å². The summed E-state index contributed by atoms with van der Waals surface area (Å²) in [7, 11) is 1.68. The Bertz CT molecular complexity index is 775. The molecule has 3 rings (SSSR count). The summed E-state index contributed by atoms with van der Waals surface area (Å²) in [4.78, 5) is 26.2. The highest BCUT2D eigenvalue weighted by Crippen LogP contribution is 2.32. The van der Waals surface area contributed by atoms with Crippen LogP contribution in [0.3, 0.4) is 0 Å². The molecule has 0 fully saturated rings. The Hall–Kier alpha value is -3.02. The second kappa shape index (κ2) is 7.25. The van der Waals surface area contributed by atoms with Gasteiger partial charge in [-0.05, 0) is 30.7 Å². The van der Waals surface area contributed by atoms with E-state index in [2.05, 4.69) is 0 Å². The fourth-order valence-corrected chi connectivity index (χ4v) is 2.55. The largest absolute Gasteiger partial charge is 0.454 e. The van der Waals surface area contributed by atoms with E-state index in [1.807, 2.05) is 30.3 Å². The maximum atomic E-state index is 12.4. The van der Waals surface area contributed by atoms with Crippen molar-refractivity contribution in [2.75, 3.05) is 13.8 Å². The Morgan fingerprint density at radius 2 is 1.84 bits per heavy atom. The maximum Gasteiger partial charge on any atom is 0.339 e. The Morgan fingerprint density at radius 1 is 1.12 bits per heavy atom. The number of esters is 1. The summed E-state index contributed by atoms with van der Waals surface area (Å²) in [6, 6.07) is 14.4. The molecule has 2 aromatic carbocycles. The van der Waals surface area contributed by atoms with Gasteiger partial charge in [-0.3, -0.25) is 4.79 Å². The summed E-state index contributed by atoms with van der Waals surface area (Å²) in [5, 5.41) is 0. The van der Waals surface area contributed by atoms with Crippen molar-refractivity contribution in [3.05, 3.63) is 59.7 Å². The minimum Gasteiger partial charge on any atom is -0.454 e. The topological polar surface area (TPSA) is 65.1 Å². The number of ether oxygens (including phenoxy) is 3. The summed E-state index contributed by atoms with van der Waals surface area (Å²) < 4.78 is 15.7. The second-order valence-corrected chi connectivity index (χ2v) is 5.80. The standard InChI is InChI=1S/C19H19NO5/c1-13(18(21)20(2)11-14-6-4-3-5-7-14)25-19(22)15-8-9-16-17(10-15)24-12-23-16/h3-10,13H,11-12H2,1-2H3/t13-/m1/s1. The number of nitrogens with zero attached hydrogens (tertiary/aromatic N) is 1. The van der Waals surface area contributed by atoms with Gasteiger partial charge in [0.2, 0.25) is 6.79 Å². The molecule has 0 aliphatic carbocycles. The zero-order chi connectivity index (χ0) is 17.8. The van der Waals surface area contributed by atoms with Crippen LogP contribution in [-0.2, 0) is 16.1 Å². The van der Waals surface area contributed by atoms with Gasteiger partial charge in [-0.15, -0.1) is 0 Å². The third-order valence-corrected chi connectivity index (χ3v) is 3.88. The van der Waals surface area contributed by atoms with Gasteiger partial charge in [-0.1, -0.05) is 30.3 Å². The van der Waals surface area contributed by atoms with Crippen molar-refractivity contribution in [3.63, 3.8) is 0 Å². The molecule has 1 atom stereocenters. The Morgan fingerprint density at radius 3 is 2.60 bits per heavy atom. The first kappa shape index (κ1) is 16.8. The van der Waals surface area contributed by atoms with Crippen molar-refractivity contribution >= 4 is 11.9 Å². The highest BCUT2D eigenvalue weighted by Gasteiger charge is 2.23. The van der Waals surface area contributed by atoms with Crippen molar-refractivity contribution in [3.8, 4) is 11.5 Å². The Balaban J connectivity index is 1.60. The van der Waals surface area contributed by atoms with Gasteiger partial charge in [0, 0.05) is 13.6 Å². The quantitative estimate of drug-likeness (QED) is 0.782. The first-order valence-electron chi connectivity index (χ1n) is 7.94. The van der Waals surface area contributed by atoms with Crippen LogP contribution in [0.2, 0.25) is 0 Å². The van der Waals surface area contributed by atoms with Gasteiger partial charge < -0.3 is 19.1 Å². The molecule has 0 unspecified atom stereocenters. The van der Waals surface area contributed by atoms with Crippen molar-refractivity contribution in [2.45, 2.75) is 19.6 Å². The lowest BCUT2D eigenvalue weighted by Crippen LogP contribution is -2.37. The smallest absolute Gasteiger partial charge is 0.339 e. The summed E-state index contributed by atoms with van der Waals surface area (Å²) in [5.74, 6) is 0.239. The molecule has 0 spiro atoms. The number of carbonyl (C=O) groups excluding carboxylic acids is 2. The van der Waals surface area contributed by atoms with Crippen LogP contribution < -0.4 is 9.47 Å². The molecule has 0 bridgehead atoms. The van der Waals surface area contributed by atoms with E-state index in [1.54, 1.807) is 32.2 Å². The molecule has 2 aromatic rings. The van der Waals surface area contributed by atoms with Crippen molar-refractivity contribution in [1.29, 1.82) is 0 Å². The predicted molar refractivity (Wildman–Crippen MR) is 90.4 cm³/mol. The van der Waals surface area contributed by atoms with Crippen LogP contribution in [0.1, 0.15) is 22.8 Å². The van der Waals surface area contributed by atoms with Crippen molar-refractivity contribution < 1.29 is 23.8 Å². The zero-order valence-electron chi connectivity index (χ0n) is 14.1. The van der Waals surface area contributed by atoms with Crippen LogP contribution in [0.4, 0.5) is 0 Å². The molecule has 1 aliphatic heterocycles. The third kappa shape index (κ3) is 3.91. The van der Waals surface area contributed by atoms with Gasteiger partial charge in [-0.2, -0.15) is 0 Å². The summed E-state index contributed by atoms with van der Waals surface area (Å²) in [6.45, 7) is 2.15. The summed E-state index contributed by atoms with van der Waals surface area (Å²) in [6.07, 6.45) is -0.883. The highest BCUT2D eigenvalue weighted by atomic mass is 16.7. The molecule has 0 saturated carbocycles. The van der Waals surface area contributed by atoms with E-state index >= 15 is 0 Å². The second-order valence-electron chi connectivity index (χ2n) is 5.80. The molecule has 0 saturated heterocycles. The molecule has 1 amide bonds. The lowest BCUT2D eigenvalue weighted by Gasteiger charge is -2.21. The van der Waals surface area contributed by atoms with Crippen LogP contribution in [0.25, 0.3) is 0 Å². The molecule has 25 heavy (non-hydrogen) atoms. The number of fused-ring (bicyclic) bond motifs is 1. The predicted octanol–water partition coefficient (Wildman–Crippen LogP) is 2.62. The van der Waals surface area contributed by atoms with E-state index in [9.17, 15) is 9.59 Å². The summed E-state index contributed by atoms with van der Waals surface area (Å²) in [5.41, 5.74) is 1.32. The lowest BCUT2D eigenvalue weighted by atomic mass is 10.2. The zero-order valence-corrected chi connectivity index (χ0v) is 14.1. The fourth-order valence-electron chi connectivity index (χ4n) is 2.55.